The van der Waals surface area contributed by atoms with E-state index in [1.807, 2.05) is 29.2 Å². The molecule has 2 aromatic heterocycles. The summed E-state index contributed by atoms with van der Waals surface area (Å²) in [6.45, 7) is 3.15. The highest BCUT2D eigenvalue weighted by molar-refractivity contribution is 5.92. The zero-order valence-corrected chi connectivity index (χ0v) is 14.6. The standard InChI is InChI=1S/C19H22N4O3/c24-18(23-9-6-19(7-10-23)25-11-12-26-19)17-5-4-16(14-22-17)21-13-15-3-1-2-8-20-15/h1-5,8,14,21H,6-7,9-13H2. The first kappa shape index (κ1) is 16.9. The molecule has 2 saturated heterocycles. The van der Waals surface area contributed by atoms with Gasteiger partial charge in [-0.15, -0.1) is 0 Å². The van der Waals surface area contributed by atoms with Gasteiger partial charge in [0.1, 0.15) is 5.69 Å². The lowest BCUT2D eigenvalue weighted by atomic mass is 10.0. The second-order valence-corrected chi connectivity index (χ2v) is 6.51. The molecule has 4 rings (SSSR count). The van der Waals surface area contributed by atoms with Crippen molar-refractivity contribution in [3.05, 3.63) is 54.1 Å². The molecule has 0 aliphatic carbocycles. The van der Waals surface area contributed by atoms with Gasteiger partial charge in [0.25, 0.3) is 5.91 Å². The molecule has 1 spiro atoms. The second kappa shape index (κ2) is 7.39. The maximum atomic E-state index is 12.6. The molecule has 2 aliphatic heterocycles. The molecule has 2 aliphatic rings. The third kappa shape index (κ3) is 3.68. The molecular weight excluding hydrogens is 332 g/mol. The second-order valence-electron chi connectivity index (χ2n) is 6.51. The maximum Gasteiger partial charge on any atom is 0.272 e. The van der Waals surface area contributed by atoms with E-state index in [9.17, 15) is 4.79 Å². The van der Waals surface area contributed by atoms with E-state index in [0.29, 0.717) is 51.4 Å². The molecule has 0 bridgehead atoms. The number of anilines is 1. The zero-order chi connectivity index (χ0) is 17.8. The lowest BCUT2D eigenvalue weighted by molar-refractivity contribution is -0.181. The van der Waals surface area contributed by atoms with Gasteiger partial charge in [0, 0.05) is 32.1 Å². The van der Waals surface area contributed by atoms with Gasteiger partial charge in [0.2, 0.25) is 0 Å². The lowest BCUT2D eigenvalue weighted by Gasteiger charge is -2.37. The monoisotopic (exact) mass is 354 g/mol. The quantitative estimate of drug-likeness (QED) is 0.906. The van der Waals surface area contributed by atoms with E-state index >= 15 is 0 Å². The smallest absolute Gasteiger partial charge is 0.272 e. The van der Waals surface area contributed by atoms with Crippen LogP contribution in [-0.2, 0) is 16.0 Å². The highest BCUT2D eigenvalue weighted by atomic mass is 16.7. The fourth-order valence-electron chi connectivity index (χ4n) is 3.32. The number of hydrogen-bond acceptors (Lipinski definition) is 6. The van der Waals surface area contributed by atoms with Crippen molar-refractivity contribution < 1.29 is 14.3 Å². The minimum atomic E-state index is -0.469. The number of amides is 1. The summed E-state index contributed by atoms with van der Waals surface area (Å²) in [6, 6.07) is 9.43. The van der Waals surface area contributed by atoms with Crippen molar-refractivity contribution >= 4 is 11.6 Å². The molecule has 2 aromatic rings. The van der Waals surface area contributed by atoms with Crippen LogP contribution < -0.4 is 5.32 Å². The van der Waals surface area contributed by atoms with E-state index in [-0.39, 0.29) is 5.91 Å². The molecule has 0 aromatic carbocycles. The number of carbonyl (C=O) groups is 1. The molecule has 1 N–H and O–H groups in total. The van der Waals surface area contributed by atoms with Crippen LogP contribution in [0.1, 0.15) is 29.0 Å². The first-order chi connectivity index (χ1) is 12.7. The van der Waals surface area contributed by atoms with E-state index in [2.05, 4.69) is 15.3 Å². The summed E-state index contributed by atoms with van der Waals surface area (Å²) in [6.07, 6.45) is 4.87. The van der Waals surface area contributed by atoms with Gasteiger partial charge in [-0.2, -0.15) is 0 Å². The van der Waals surface area contributed by atoms with Crippen molar-refractivity contribution in [2.75, 3.05) is 31.6 Å². The van der Waals surface area contributed by atoms with E-state index in [1.54, 1.807) is 18.5 Å². The van der Waals surface area contributed by atoms with Crippen LogP contribution in [0.25, 0.3) is 0 Å². The van der Waals surface area contributed by atoms with E-state index in [4.69, 9.17) is 9.47 Å². The Balaban J connectivity index is 1.32. The molecule has 0 atom stereocenters. The first-order valence-corrected chi connectivity index (χ1v) is 8.91. The van der Waals surface area contributed by atoms with Gasteiger partial charge in [-0.05, 0) is 24.3 Å². The van der Waals surface area contributed by atoms with Crippen LogP contribution in [0.3, 0.4) is 0 Å². The highest BCUT2D eigenvalue weighted by Gasteiger charge is 2.40. The Morgan fingerprint density at radius 1 is 1.12 bits per heavy atom. The number of nitrogens with zero attached hydrogens (tertiary/aromatic N) is 3. The summed E-state index contributed by atoms with van der Waals surface area (Å²) in [7, 11) is 0. The lowest BCUT2D eigenvalue weighted by Crippen LogP contribution is -2.47. The number of piperidine rings is 1. The average molecular weight is 354 g/mol. The van der Waals surface area contributed by atoms with Crippen molar-refractivity contribution in [3.63, 3.8) is 0 Å². The number of aromatic nitrogens is 2. The Kier molecular flexibility index (Phi) is 4.81. The topological polar surface area (TPSA) is 76.6 Å². The van der Waals surface area contributed by atoms with E-state index in [0.717, 1.165) is 11.4 Å². The summed E-state index contributed by atoms with van der Waals surface area (Å²) in [4.78, 5) is 23.0. The minimum absolute atomic E-state index is 0.0471. The number of ether oxygens (including phenoxy) is 2. The van der Waals surface area contributed by atoms with Gasteiger partial charge in [-0.1, -0.05) is 6.07 Å². The Morgan fingerprint density at radius 2 is 1.92 bits per heavy atom. The zero-order valence-electron chi connectivity index (χ0n) is 14.6. The first-order valence-electron chi connectivity index (χ1n) is 8.91. The fraction of sp³-hybridized carbons (Fsp3) is 0.421. The number of nitrogens with one attached hydrogen (secondary N) is 1. The summed E-state index contributed by atoms with van der Waals surface area (Å²) < 4.78 is 11.4. The molecule has 1 amide bonds. The molecule has 7 heteroatoms. The molecular formula is C19H22N4O3. The molecule has 7 nitrogen and oxygen atoms in total. The summed E-state index contributed by atoms with van der Waals surface area (Å²) in [5.74, 6) is -0.516. The predicted octanol–water partition coefficient (Wildman–Crippen LogP) is 2.07. The third-order valence-electron chi connectivity index (χ3n) is 4.81. The Morgan fingerprint density at radius 3 is 2.58 bits per heavy atom. The van der Waals surface area contributed by atoms with Crippen LogP contribution in [0.5, 0.6) is 0 Å². The number of carbonyl (C=O) groups excluding carboxylic acids is 1. The van der Waals surface area contributed by atoms with Gasteiger partial charge in [-0.25, -0.2) is 4.98 Å². The van der Waals surface area contributed by atoms with E-state index in [1.165, 1.54) is 0 Å². The van der Waals surface area contributed by atoms with Gasteiger partial charge < -0.3 is 19.7 Å². The van der Waals surface area contributed by atoms with Gasteiger partial charge >= 0.3 is 0 Å². The maximum absolute atomic E-state index is 12.6. The average Bonchev–Trinajstić information content (AvgIpc) is 3.16. The molecule has 0 radical (unpaired) electrons. The molecule has 4 heterocycles. The normalized spacial score (nSPS) is 18.8. The summed E-state index contributed by atoms with van der Waals surface area (Å²) in [5.41, 5.74) is 2.27. The predicted molar refractivity (Wildman–Crippen MR) is 95.6 cm³/mol. The largest absolute Gasteiger partial charge is 0.378 e. The van der Waals surface area contributed by atoms with Crippen LogP contribution in [0, 0.1) is 0 Å². The molecule has 136 valence electrons. The third-order valence-corrected chi connectivity index (χ3v) is 4.81. The van der Waals surface area contributed by atoms with Crippen LogP contribution in [0.2, 0.25) is 0 Å². The molecule has 26 heavy (non-hydrogen) atoms. The van der Waals surface area contributed by atoms with Gasteiger partial charge in [0.05, 0.1) is 37.3 Å². The Bertz CT molecular complexity index is 735. The Labute approximate surface area is 152 Å². The number of likely N-dealkylation sites (tertiary alicyclic amines) is 1. The van der Waals surface area contributed by atoms with Gasteiger partial charge in [0.15, 0.2) is 5.79 Å². The van der Waals surface area contributed by atoms with Crippen LogP contribution in [0.4, 0.5) is 5.69 Å². The molecule has 0 saturated carbocycles. The van der Waals surface area contributed by atoms with Gasteiger partial charge in [-0.3, -0.25) is 9.78 Å². The molecule has 0 unspecified atom stereocenters. The number of pyridine rings is 2. The SMILES string of the molecule is O=C(c1ccc(NCc2ccccn2)cn1)N1CCC2(CC1)OCCO2. The Hall–Kier alpha value is -2.51. The summed E-state index contributed by atoms with van der Waals surface area (Å²) in [5, 5.41) is 3.26. The van der Waals surface area contributed by atoms with Crippen molar-refractivity contribution in [2.45, 2.75) is 25.2 Å². The van der Waals surface area contributed by atoms with Crippen LogP contribution in [0.15, 0.2) is 42.7 Å². The highest BCUT2D eigenvalue weighted by Crippen LogP contribution is 2.31. The number of hydrogen-bond donors (Lipinski definition) is 1. The van der Waals surface area contributed by atoms with E-state index < -0.39 is 5.79 Å². The number of rotatable bonds is 4. The van der Waals surface area contributed by atoms with Crippen LogP contribution >= 0.6 is 0 Å². The van der Waals surface area contributed by atoms with Crippen LogP contribution in [-0.4, -0.2) is 52.9 Å². The van der Waals surface area contributed by atoms with Crippen molar-refractivity contribution in [3.8, 4) is 0 Å². The van der Waals surface area contributed by atoms with Crippen molar-refractivity contribution in [1.29, 1.82) is 0 Å². The van der Waals surface area contributed by atoms with Crippen molar-refractivity contribution in [1.82, 2.24) is 14.9 Å². The minimum Gasteiger partial charge on any atom is -0.378 e. The van der Waals surface area contributed by atoms with Crippen molar-refractivity contribution in [2.24, 2.45) is 0 Å². The summed E-state index contributed by atoms with van der Waals surface area (Å²) >= 11 is 0. The molecule has 2 fully saturated rings. The fourth-order valence-corrected chi connectivity index (χ4v) is 3.32.